The lowest BCUT2D eigenvalue weighted by Crippen LogP contribution is -2.55. The zero-order valence-electron chi connectivity index (χ0n) is 10.9. The van der Waals surface area contributed by atoms with Crippen LogP contribution in [-0.4, -0.2) is 42.1 Å². The van der Waals surface area contributed by atoms with Gasteiger partial charge in [0.25, 0.3) is 0 Å². The molecule has 17 heavy (non-hydrogen) atoms. The van der Waals surface area contributed by atoms with Crippen LogP contribution in [0.2, 0.25) is 0 Å². The summed E-state index contributed by atoms with van der Waals surface area (Å²) in [5, 5.41) is 0. The summed E-state index contributed by atoms with van der Waals surface area (Å²) in [6.07, 6.45) is 0. The van der Waals surface area contributed by atoms with Gasteiger partial charge in [-0.1, -0.05) is 6.07 Å². The highest BCUT2D eigenvalue weighted by atomic mass is 15.3. The van der Waals surface area contributed by atoms with Crippen molar-refractivity contribution in [1.29, 1.82) is 0 Å². The maximum atomic E-state index is 5.64. The van der Waals surface area contributed by atoms with E-state index >= 15 is 0 Å². The van der Waals surface area contributed by atoms with E-state index in [1.165, 1.54) is 0 Å². The normalized spacial score (nSPS) is 26.2. The van der Waals surface area contributed by atoms with E-state index in [0.29, 0.717) is 18.6 Å². The van der Waals surface area contributed by atoms with Crippen LogP contribution in [0.3, 0.4) is 0 Å². The van der Waals surface area contributed by atoms with Crippen molar-refractivity contribution >= 4 is 5.82 Å². The second kappa shape index (κ2) is 5.02. The number of pyridine rings is 1. The SMILES string of the molecule is CC1CN(c2cccc(CN)n2)CC(C)N1C. The zero-order valence-corrected chi connectivity index (χ0v) is 10.9. The highest BCUT2D eigenvalue weighted by Crippen LogP contribution is 2.19. The molecule has 0 saturated carbocycles. The van der Waals surface area contributed by atoms with Crippen molar-refractivity contribution in [1.82, 2.24) is 9.88 Å². The summed E-state index contributed by atoms with van der Waals surface area (Å²) in [5.41, 5.74) is 6.60. The first-order valence-corrected chi connectivity index (χ1v) is 6.24. The fourth-order valence-corrected chi connectivity index (χ4v) is 2.35. The molecule has 4 nitrogen and oxygen atoms in total. The molecule has 2 heterocycles. The maximum Gasteiger partial charge on any atom is 0.128 e. The number of hydrogen-bond acceptors (Lipinski definition) is 4. The molecule has 2 rings (SSSR count). The number of likely N-dealkylation sites (N-methyl/N-ethyl adjacent to an activating group) is 1. The van der Waals surface area contributed by atoms with Crippen LogP contribution in [0.4, 0.5) is 5.82 Å². The van der Waals surface area contributed by atoms with Crippen molar-refractivity contribution in [2.24, 2.45) is 5.73 Å². The number of anilines is 1. The van der Waals surface area contributed by atoms with Crippen LogP contribution in [0.25, 0.3) is 0 Å². The molecule has 0 radical (unpaired) electrons. The van der Waals surface area contributed by atoms with Gasteiger partial charge in [0, 0.05) is 31.7 Å². The van der Waals surface area contributed by atoms with Crippen LogP contribution in [0, 0.1) is 0 Å². The molecule has 2 atom stereocenters. The average Bonchev–Trinajstić information content (AvgIpc) is 2.35. The Balaban J connectivity index is 2.16. The first-order chi connectivity index (χ1) is 8.11. The van der Waals surface area contributed by atoms with Crippen molar-refractivity contribution in [3.8, 4) is 0 Å². The lowest BCUT2D eigenvalue weighted by Gasteiger charge is -2.43. The Kier molecular flexibility index (Phi) is 3.64. The van der Waals surface area contributed by atoms with E-state index in [9.17, 15) is 0 Å². The largest absolute Gasteiger partial charge is 0.353 e. The van der Waals surface area contributed by atoms with Gasteiger partial charge in [0.1, 0.15) is 5.82 Å². The van der Waals surface area contributed by atoms with E-state index in [2.05, 4.69) is 41.7 Å². The summed E-state index contributed by atoms with van der Waals surface area (Å²) in [4.78, 5) is 9.37. The molecule has 1 aliphatic heterocycles. The Morgan fingerprint density at radius 3 is 2.53 bits per heavy atom. The van der Waals surface area contributed by atoms with Gasteiger partial charge in [-0.2, -0.15) is 0 Å². The first-order valence-electron chi connectivity index (χ1n) is 6.24. The van der Waals surface area contributed by atoms with E-state index in [1.54, 1.807) is 0 Å². The van der Waals surface area contributed by atoms with Gasteiger partial charge in [-0.05, 0) is 33.0 Å². The van der Waals surface area contributed by atoms with Crippen LogP contribution in [0.5, 0.6) is 0 Å². The molecular formula is C13H22N4. The molecule has 1 saturated heterocycles. The fraction of sp³-hybridized carbons (Fsp3) is 0.615. The lowest BCUT2D eigenvalue weighted by molar-refractivity contribution is 0.169. The molecule has 1 aromatic heterocycles. The van der Waals surface area contributed by atoms with Gasteiger partial charge in [0.15, 0.2) is 0 Å². The number of nitrogens with two attached hydrogens (primary N) is 1. The quantitative estimate of drug-likeness (QED) is 0.831. The topological polar surface area (TPSA) is 45.4 Å². The van der Waals surface area contributed by atoms with Crippen molar-refractivity contribution in [2.45, 2.75) is 32.5 Å². The minimum absolute atomic E-state index is 0.507. The molecular weight excluding hydrogens is 212 g/mol. The molecule has 4 heteroatoms. The maximum absolute atomic E-state index is 5.64. The Labute approximate surface area is 103 Å². The monoisotopic (exact) mass is 234 g/mol. The van der Waals surface area contributed by atoms with E-state index < -0.39 is 0 Å². The van der Waals surface area contributed by atoms with Crippen molar-refractivity contribution in [3.05, 3.63) is 23.9 Å². The van der Waals surface area contributed by atoms with E-state index in [-0.39, 0.29) is 0 Å². The van der Waals surface area contributed by atoms with Gasteiger partial charge in [0.05, 0.1) is 5.69 Å². The summed E-state index contributed by atoms with van der Waals surface area (Å²) < 4.78 is 0. The van der Waals surface area contributed by atoms with Crippen LogP contribution in [0.15, 0.2) is 18.2 Å². The summed E-state index contributed by atoms with van der Waals surface area (Å²) in [5.74, 6) is 1.06. The summed E-state index contributed by atoms with van der Waals surface area (Å²) in [6.45, 7) is 7.08. The van der Waals surface area contributed by atoms with Crippen LogP contribution < -0.4 is 10.6 Å². The molecule has 0 spiro atoms. The minimum atomic E-state index is 0.507. The predicted molar refractivity (Wildman–Crippen MR) is 71.0 cm³/mol. The highest BCUT2D eigenvalue weighted by Gasteiger charge is 2.27. The predicted octanol–water partition coefficient (Wildman–Crippen LogP) is 1.07. The van der Waals surface area contributed by atoms with Crippen molar-refractivity contribution < 1.29 is 0 Å². The molecule has 0 bridgehead atoms. The Morgan fingerprint density at radius 2 is 1.94 bits per heavy atom. The smallest absolute Gasteiger partial charge is 0.128 e. The molecule has 2 unspecified atom stereocenters. The summed E-state index contributed by atoms with van der Waals surface area (Å²) in [6, 6.07) is 7.21. The van der Waals surface area contributed by atoms with Gasteiger partial charge in [-0.3, -0.25) is 4.90 Å². The van der Waals surface area contributed by atoms with E-state index in [4.69, 9.17) is 5.73 Å². The van der Waals surface area contributed by atoms with Gasteiger partial charge in [-0.25, -0.2) is 4.98 Å². The van der Waals surface area contributed by atoms with Crippen LogP contribution in [0.1, 0.15) is 19.5 Å². The Hall–Kier alpha value is -1.13. The lowest BCUT2D eigenvalue weighted by atomic mass is 10.1. The second-order valence-electron chi connectivity index (χ2n) is 4.96. The van der Waals surface area contributed by atoms with Gasteiger partial charge < -0.3 is 10.6 Å². The van der Waals surface area contributed by atoms with Crippen molar-refractivity contribution in [3.63, 3.8) is 0 Å². The highest BCUT2D eigenvalue weighted by molar-refractivity contribution is 5.40. The molecule has 1 aliphatic rings. The van der Waals surface area contributed by atoms with Gasteiger partial charge in [-0.15, -0.1) is 0 Å². The van der Waals surface area contributed by atoms with Crippen molar-refractivity contribution in [2.75, 3.05) is 25.0 Å². The third-order valence-electron chi connectivity index (χ3n) is 3.68. The third kappa shape index (κ3) is 2.58. The van der Waals surface area contributed by atoms with E-state index in [0.717, 1.165) is 24.6 Å². The van der Waals surface area contributed by atoms with Gasteiger partial charge in [0.2, 0.25) is 0 Å². The summed E-state index contributed by atoms with van der Waals surface area (Å²) >= 11 is 0. The Bertz CT molecular complexity index is 367. The third-order valence-corrected chi connectivity index (χ3v) is 3.68. The zero-order chi connectivity index (χ0) is 12.4. The molecule has 1 fully saturated rings. The molecule has 0 aromatic carbocycles. The average molecular weight is 234 g/mol. The molecule has 2 N–H and O–H groups in total. The number of rotatable bonds is 2. The molecule has 0 amide bonds. The summed E-state index contributed by atoms with van der Waals surface area (Å²) in [7, 11) is 2.19. The minimum Gasteiger partial charge on any atom is -0.353 e. The Morgan fingerprint density at radius 1 is 1.29 bits per heavy atom. The second-order valence-corrected chi connectivity index (χ2v) is 4.96. The molecule has 1 aromatic rings. The molecule has 0 aliphatic carbocycles. The van der Waals surface area contributed by atoms with E-state index in [1.807, 2.05) is 12.1 Å². The van der Waals surface area contributed by atoms with Crippen LogP contribution in [-0.2, 0) is 6.54 Å². The van der Waals surface area contributed by atoms with Crippen LogP contribution >= 0.6 is 0 Å². The number of nitrogens with zero attached hydrogens (tertiary/aromatic N) is 3. The number of aromatic nitrogens is 1. The fourth-order valence-electron chi connectivity index (χ4n) is 2.35. The number of piperazine rings is 1. The van der Waals surface area contributed by atoms with Gasteiger partial charge >= 0.3 is 0 Å². The standard InChI is InChI=1S/C13H22N4/c1-10-8-17(9-11(2)16(10)3)13-6-4-5-12(7-14)15-13/h4-6,10-11H,7-9,14H2,1-3H3. The first kappa shape index (κ1) is 12.3. The molecule has 94 valence electrons. The number of hydrogen-bond donors (Lipinski definition) is 1.